The lowest BCUT2D eigenvalue weighted by Crippen LogP contribution is -2.35. The average Bonchev–Trinajstić information content (AvgIpc) is 2.19. The van der Waals surface area contributed by atoms with Crippen LogP contribution in [0.5, 0.6) is 0 Å². The molecule has 0 amide bonds. The molecule has 1 rings (SSSR count). The maximum atomic E-state index is 11.6. The number of nitrogens with zero attached hydrogens (tertiary/aromatic N) is 2. The molecule has 1 heterocycles. The molecule has 0 fully saturated rings. The quantitative estimate of drug-likeness (QED) is 0.778. The molecule has 5 nitrogen and oxygen atoms in total. The lowest BCUT2D eigenvalue weighted by Gasteiger charge is -2.21. The molecule has 1 N–H and O–H groups in total. The molecule has 1 aromatic rings. The van der Waals surface area contributed by atoms with Crippen LogP contribution in [-0.2, 0) is 10.3 Å². The van der Waals surface area contributed by atoms with Crippen molar-refractivity contribution < 1.29 is 4.74 Å². The van der Waals surface area contributed by atoms with E-state index in [-0.39, 0.29) is 11.1 Å². The van der Waals surface area contributed by atoms with Gasteiger partial charge in [-0.05, 0) is 26.8 Å². The van der Waals surface area contributed by atoms with Gasteiger partial charge in [0.05, 0.1) is 12.1 Å². The number of hydrogen-bond donors (Lipinski definition) is 1. The maximum absolute atomic E-state index is 11.6. The Hall–Kier alpha value is -1.36. The van der Waals surface area contributed by atoms with Crippen molar-refractivity contribution in [3.63, 3.8) is 0 Å². The molecule has 0 aliphatic carbocycles. The molecule has 0 aliphatic heterocycles. The summed E-state index contributed by atoms with van der Waals surface area (Å²) in [6.45, 7) is 7.11. The summed E-state index contributed by atoms with van der Waals surface area (Å²) in [5.74, 6) is 0.687. The lowest BCUT2D eigenvalue weighted by molar-refractivity contribution is 0.210. The van der Waals surface area contributed by atoms with E-state index in [1.807, 2.05) is 20.8 Å². The van der Waals surface area contributed by atoms with Crippen LogP contribution in [0.3, 0.4) is 0 Å². The van der Waals surface area contributed by atoms with E-state index >= 15 is 0 Å². The first-order valence-electron chi connectivity index (χ1n) is 5.29. The minimum Gasteiger partial charge on any atom is -0.383 e. The van der Waals surface area contributed by atoms with Crippen LogP contribution in [0.1, 0.15) is 20.8 Å². The number of nitrogens with one attached hydrogen (secondary N) is 1. The van der Waals surface area contributed by atoms with Gasteiger partial charge in [-0.15, -0.1) is 0 Å². The predicted molar refractivity (Wildman–Crippen MR) is 63.9 cm³/mol. The van der Waals surface area contributed by atoms with Gasteiger partial charge in [0.25, 0.3) is 5.56 Å². The van der Waals surface area contributed by atoms with E-state index in [1.54, 1.807) is 13.2 Å². The average molecular weight is 225 g/mol. The number of anilines is 1. The highest BCUT2D eigenvalue weighted by Crippen LogP contribution is 2.10. The number of methoxy groups -OCH3 is 1. The van der Waals surface area contributed by atoms with Crippen molar-refractivity contribution in [1.29, 1.82) is 0 Å². The summed E-state index contributed by atoms with van der Waals surface area (Å²) >= 11 is 0. The van der Waals surface area contributed by atoms with E-state index < -0.39 is 0 Å². The normalized spacial score (nSPS) is 11.5. The summed E-state index contributed by atoms with van der Waals surface area (Å²) in [6, 6.07) is 3.20. The molecule has 0 spiro atoms. The van der Waals surface area contributed by atoms with Crippen molar-refractivity contribution in [2.45, 2.75) is 26.3 Å². The Morgan fingerprint density at radius 3 is 2.69 bits per heavy atom. The smallest absolute Gasteiger partial charge is 0.267 e. The van der Waals surface area contributed by atoms with E-state index in [4.69, 9.17) is 4.74 Å². The second-order valence-corrected chi connectivity index (χ2v) is 4.56. The van der Waals surface area contributed by atoms with Gasteiger partial charge in [-0.3, -0.25) is 4.79 Å². The van der Waals surface area contributed by atoms with Gasteiger partial charge in [-0.1, -0.05) is 0 Å². The second-order valence-electron chi connectivity index (χ2n) is 4.56. The zero-order valence-electron chi connectivity index (χ0n) is 10.3. The largest absolute Gasteiger partial charge is 0.383 e. The van der Waals surface area contributed by atoms with Crippen molar-refractivity contribution in [2.75, 3.05) is 25.6 Å². The first-order valence-corrected chi connectivity index (χ1v) is 5.29. The van der Waals surface area contributed by atoms with Crippen LogP contribution < -0.4 is 10.9 Å². The molecular weight excluding hydrogens is 206 g/mol. The summed E-state index contributed by atoms with van der Waals surface area (Å²) in [4.78, 5) is 11.6. The molecule has 16 heavy (non-hydrogen) atoms. The Bertz CT molecular complexity index is 393. The van der Waals surface area contributed by atoms with Gasteiger partial charge < -0.3 is 10.1 Å². The highest BCUT2D eigenvalue weighted by Gasteiger charge is 2.15. The van der Waals surface area contributed by atoms with Crippen molar-refractivity contribution in [2.24, 2.45) is 0 Å². The Balaban J connectivity index is 2.86. The third kappa shape index (κ3) is 3.34. The fourth-order valence-electron chi connectivity index (χ4n) is 1.27. The van der Waals surface area contributed by atoms with E-state index in [0.29, 0.717) is 19.0 Å². The predicted octanol–water partition coefficient (Wildman–Crippen LogP) is 1.06. The SMILES string of the molecule is COCCNc1ccc(=O)n(C(C)(C)C)n1. The Kier molecular flexibility index (Phi) is 4.06. The van der Waals surface area contributed by atoms with Crippen molar-refractivity contribution in [3.05, 3.63) is 22.5 Å². The van der Waals surface area contributed by atoms with Crippen molar-refractivity contribution >= 4 is 5.82 Å². The van der Waals surface area contributed by atoms with Gasteiger partial charge in [0.15, 0.2) is 0 Å². The summed E-state index contributed by atoms with van der Waals surface area (Å²) in [6.07, 6.45) is 0. The maximum Gasteiger partial charge on any atom is 0.267 e. The molecule has 0 unspecified atom stereocenters. The standard InChI is InChI=1S/C11H19N3O2/c1-11(2,3)14-10(15)6-5-9(13-14)12-7-8-16-4/h5-6H,7-8H2,1-4H3,(H,12,13). The fourth-order valence-corrected chi connectivity index (χ4v) is 1.27. The third-order valence-electron chi connectivity index (χ3n) is 2.05. The lowest BCUT2D eigenvalue weighted by atomic mass is 10.1. The summed E-state index contributed by atoms with van der Waals surface area (Å²) in [7, 11) is 1.64. The zero-order valence-corrected chi connectivity index (χ0v) is 10.3. The fraction of sp³-hybridized carbons (Fsp3) is 0.636. The minimum absolute atomic E-state index is 0.0928. The molecule has 0 radical (unpaired) electrons. The Labute approximate surface area is 95.4 Å². The second kappa shape index (κ2) is 5.12. The van der Waals surface area contributed by atoms with E-state index in [0.717, 1.165) is 0 Å². The molecule has 5 heteroatoms. The van der Waals surface area contributed by atoms with Gasteiger partial charge >= 0.3 is 0 Å². The van der Waals surface area contributed by atoms with Crippen LogP contribution in [0.25, 0.3) is 0 Å². The Morgan fingerprint density at radius 2 is 2.12 bits per heavy atom. The molecule has 0 bridgehead atoms. The first kappa shape index (κ1) is 12.7. The number of hydrogen-bond acceptors (Lipinski definition) is 4. The molecule has 0 saturated heterocycles. The molecule has 0 aliphatic rings. The monoisotopic (exact) mass is 225 g/mol. The van der Waals surface area contributed by atoms with Crippen molar-refractivity contribution in [3.8, 4) is 0 Å². The molecule has 0 atom stereocenters. The van der Waals surface area contributed by atoms with Gasteiger partial charge in [0, 0.05) is 19.7 Å². The molecule has 90 valence electrons. The third-order valence-corrected chi connectivity index (χ3v) is 2.05. The van der Waals surface area contributed by atoms with Crippen LogP contribution in [0.2, 0.25) is 0 Å². The summed E-state index contributed by atoms with van der Waals surface area (Å²) in [5, 5.41) is 7.34. The Morgan fingerprint density at radius 1 is 1.44 bits per heavy atom. The van der Waals surface area contributed by atoms with Gasteiger partial charge in [-0.25, -0.2) is 4.68 Å². The number of aromatic nitrogens is 2. The van der Waals surface area contributed by atoms with Crippen LogP contribution in [-0.4, -0.2) is 30.0 Å². The topological polar surface area (TPSA) is 56.1 Å². The molecule has 1 aromatic heterocycles. The van der Waals surface area contributed by atoms with Gasteiger partial charge in [0.2, 0.25) is 0 Å². The molecular formula is C11H19N3O2. The zero-order chi connectivity index (χ0) is 12.2. The van der Waals surface area contributed by atoms with E-state index in [2.05, 4.69) is 10.4 Å². The van der Waals surface area contributed by atoms with E-state index in [9.17, 15) is 4.79 Å². The van der Waals surface area contributed by atoms with Crippen LogP contribution in [0.4, 0.5) is 5.82 Å². The van der Waals surface area contributed by atoms with Gasteiger partial charge in [-0.2, -0.15) is 5.10 Å². The van der Waals surface area contributed by atoms with Gasteiger partial charge in [0.1, 0.15) is 5.82 Å². The highest BCUT2D eigenvalue weighted by molar-refractivity contribution is 5.31. The first-order chi connectivity index (χ1) is 7.45. The number of ether oxygens (including phenoxy) is 1. The minimum atomic E-state index is -0.309. The number of rotatable bonds is 4. The van der Waals surface area contributed by atoms with Crippen LogP contribution in [0.15, 0.2) is 16.9 Å². The van der Waals surface area contributed by atoms with E-state index in [1.165, 1.54) is 10.7 Å². The van der Waals surface area contributed by atoms with Crippen LogP contribution >= 0.6 is 0 Å². The highest BCUT2D eigenvalue weighted by atomic mass is 16.5. The summed E-state index contributed by atoms with van der Waals surface area (Å²) in [5.41, 5.74) is -0.402. The van der Waals surface area contributed by atoms with Crippen molar-refractivity contribution in [1.82, 2.24) is 9.78 Å². The molecule has 0 saturated carbocycles. The summed E-state index contributed by atoms with van der Waals surface area (Å²) < 4.78 is 6.40. The van der Waals surface area contributed by atoms with Crippen LogP contribution in [0, 0.1) is 0 Å². The molecule has 0 aromatic carbocycles.